The smallest absolute Gasteiger partial charge is 0.0459 e. The Labute approximate surface area is 140 Å². The molecule has 124 valence electrons. The average Bonchev–Trinajstić information content (AvgIpc) is 2.99. The van der Waals surface area contributed by atoms with Crippen LogP contribution in [0.3, 0.4) is 0 Å². The number of hydrogen-bond donors (Lipinski definition) is 1. The van der Waals surface area contributed by atoms with E-state index >= 15 is 0 Å². The fraction of sp³-hybridized carbons (Fsp3) is 0.636. The molecule has 1 atom stereocenters. The molecule has 1 unspecified atom stereocenters. The number of nitrogens with one attached hydrogen (secondary N) is 1. The second kappa shape index (κ2) is 6.34. The van der Waals surface area contributed by atoms with Crippen molar-refractivity contribution >= 4 is 10.9 Å². The van der Waals surface area contributed by atoms with Crippen LogP contribution >= 0.6 is 0 Å². The van der Waals surface area contributed by atoms with Crippen molar-refractivity contribution in [2.45, 2.75) is 83.5 Å². The molecule has 4 rings (SSSR count). The summed E-state index contributed by atoms with van der Waals surface area (Å²) in [4.78, 5) is 3.84. The van der Waals surface area contributed by atoms with Crippen LogP contribution in [0.2, 0.25) is 0 Å². The molecule has 2 aliphatic carbocycles. The van der Waals surface area contributed by atoms with Gasteiger partial charge in [0.25, 0.3) is 0 Å². The van der Waals surface area contributed by atoms with Gasteiger partial charge in [0, 0.05) is 22.5 Å². The largest absolute Gasteiger partial charge is 0.358 e. The summed E-state index contributed by atoms with van der Waals surface area (Å²) >= 11 is 0. The van der Waals surface area contributed by atoms with Gasteiger partial charge in [-0.1, -0.05) is 63.6 Å². The van der Waals surface area contributed by atoms with Crippen LogP contribution in [0.4, 0.5) is 0 Å². The number of hydrogen-bond acceptors (Lipinski definition) is 0. The lowest BCUT2D eigenvalue weighted by molar-refractivity contribution is 0.182. The first-order valence-electron chi connectivity index (χ1n) is 9.87. The molecule has 2 aromatic rings. The molecule has 23 heavy (non-hydrogen) atoms. The van der Waals surface area contributed by atoms with E-state index < -0.39 is 0 Å². The summed E-state index contributed by atoms with van der Waals surface area (Å²) in [5.41, 5.74) is 5.09. The maximum absolute atomic E-state index is 3.84. The topological polar surface area (TPSA) is 15.8 Å². The standard InChI is InChI=1S/C22H31N/c1-22(15-8-4-2-3-5-9-16-22)19-13-10-12-18-17-11-6-7-14-20(17)23-21(18)19/h6-7,11,14,19,23H,2-5,8-10,12-13,15-16H2,1H3. The van der Waals surface area contributed by atoms with Crippen LogP contribution in [0.15, 0.2) is 24.3 Å². The Morgan fingerprint density at radius 1 is 0.913 bits per heavy atom. The highest BCUT2D eigenvalue weighted by Crippen LogP contribution is 2.51. The Morgan fingerprint density at radius 2 is 1.61 bits per heavy atom. The van der Waals surface area contributed by atoms with Gasteiger partial charge in [0.15, 0.2) is 0 Å². The zero-order valence-corrected chi connectivity index (χ0v) is 14.7. The quantitative estimate of drug-likeness (QED) is 0.601. The van der Waals surface area contributed by atoms with Crippen molar-refractivity contribution in [3.63, 3.8) is 0 Å². The Balaban J connectivity index is 1.71. The van der Waals surface area contributed by atoms with E-state index in [0.29, 0.717) is 5.41 Å². The van der Waals surface area contributed by atoms with Crippen LogP contribution in [-0.2, 0) is 6.42 Å². The Kier molecular flexibility index (Phi) is 4.22. The number of H-pyrrole nitrogens is 1. The van der Waals surface area contributed by atoms with Crippen molar-refractivity contribution in [2.75, 3.05) is 0 Å². The van der Waals surface area contributed by atoms with Crippen molar-refractivity contribution in [1.82, 2.24) is 4.98 Å². The van der Waals surface area contributed by atoms with E-state index in [1.165, 1.54) is 81.5 Å². The van der Waals surface area contributed by atoms with Gasteiger partial charge in [-0.2, -0.15) is 0 Å². The summed E-state index contributed by atoms with van der Waals surface area (Å²) in [6, 6.07) is 8.94. The SMILES string of the molecule is CC1(C2CCCc3c2[nH]c2ccccc32)CCCCCCCC1. The molecule has 0 radical (unpaired) electrons. The molecule has 1 heterocycles. The maximum atomic E-state index is 3.84. The fourth-order valence-corrected chi connectivity index (χ4v) is 5.35. The molecule has 0 bridgehead atoms. The molecule has 1 aromatic heterocycles. The Hall–Kier alpha value is -1.24. The van der Waals surface area contributed by atoms with Crippen LogP contribution in [-0.4, -0.2) is 4.98 Å². The van der Waals surface area contributed by atoms with Crippen molar-refractivity contribution in [1.29, 1.82) is 0 Å². The van der Waals surface area contributed by atoms with Gasteiger partial charge in [0.05, 0.1) is 0 Å². The highest BCUT2D eigenvalue weighted by Gasteiger charge is 2.38. The van der Waals surface area contributed by atoms with Gasteiger partial charge >= 0.3 is 0 Å². The molecule has 2 aliphatic rings. The first-order valence-corrected chi connectivity index (χ1v) is 9.87. The summed E-state index contributed by atoms with van der Waals surface area (Å²) in [6.45, 7) is 2.60. The second-order valence-corrected chi connectivity index (χ2v) is 8.28. The number of aromatic nitrogens is 1. The molecule has 1 aromatic carbocycles. The fourth-order valence-electron chi connectivity index (χ4n) is 5.35. The predicted molar refractivity (Wildman–Crippen MR) is 99.0 cm³/mol. The van der Waals surface area contributed by atoms with Gasteiger partial charge in [0.1, 0.15) is 0 Å². The van der Waals surface area contributed by atoms with E-state index in [0.717, 1.165) is 5.92 Å². The summed E-state index contributed by atoms with van der Waals surface area (Å²) < 4.78 is 0. The first kappa shape index (κ1) is 15.3. The van der Waals surface area contributed by atoms with Gasteiger partial charge in [-0.25, -0.2) is 0 Å². The molecule has 0 saturated heterocycles. The normalized spacial score (nSPS) is 25.3. The zero-order valence-electron chi connectivity index (χ0n) is 14.7. The minimum absolute atomic E-state index is 0.500. The molecule has 1 nitrogen and oxygen atoms in total. The first-order chi connectivity index (χ1) is 11.3. The number of benzene rings is 1. The van der Waals surface area contributed by atoms with E-state index in [2.05, 4.69) is 36.2 Å². The molecule has 1 N–H and O–H groups in total. The van der Waals surface area contributed by atoms with Crippen LogP contribution in [0.25, 0.3) is 10.9 Å². The molecule has 1 fully saturated rings. The van der Waals surface area contributed by atoms with Crippen LogP contribution in [0, 0.1) is 5.41 Å². The summed E-state index contributed by atoms with van der Waals surface area (Å²) in [5.74, 6) is 0.747. The van der Waals surface area contributed by atoms with Gasteiger partial charge in [-0.05, 0) is 49.1 Å². The number of rotatable bonds is 1. The third-order valence-corrected chi connectivity index (χ3v) is 6.70. The maximum Gasteiger partial charge on any atom is 0.0459 e. The van der Waals surface area contributed by atoms with Crippen LogP contribution < -0.4 is 0 Å². The summed E-state index contributed by atoms with van der Waals surface area (Å²) in [5, 5.41) is 1.49. The third-order valence-electron chi connectivity index (χ3n) is 6.70. The van der Waals surface area contributed by atoms with Crippen LogP contribution in [0.1, 0.15) is 88.3 Å². The van der Waals surface area contributed by atoms with Gasteiger partial charge in [-0.15, -0.1) is 0 Å². The summed E-state index contributed by atoms with van der Waals surface area (Å²) in [6.07, 6.45) is 15.5. The Morgan fingerprint density at radius 3 is 2.39 bits per heavy atom. The molecule has 1 heteroatoms. The monoisotopic (exact) mass is 309 g/mol. The molecule has 0 aliphatic heterocycles. The highest BCUT2D eigenvalue weighted by molar-refractivity contribution is 5.85. The third kappa shape index (κ3) is 2.84. The van der Waals surface area contributed by atoms with Crippen molar-refractivity contribution in [3.8, 4) is 0 Å². The minimum atomic E-state index is 0.500. The van der Waals surface area contributed by atoms with E-state index in [9.17, 15) is 0 Å². The number of aryl methyl sites for hydroxylation is 1. The van der Waals surface area contributed by atoms with E-state index in [-0.39, 0.29) is 0 Å². The zero-order chi connectivity index (χ0) is 15.7. The molecule has 0 spiro atoms. The predicted octanol–water partition coefficient (Wildman–Crippen LogP) is 6.73. The number of fused-ring (bicyclic) bond motifs is 3. The lowest BCUT2D eigenvalue weighted by atomic mass is 9.65. The van der Waals surface area contributed by atoms with Gasteiger partial charge in [0.2, 0.25) is 0 Å². The van der Waals surface area contributed by atoms with E-state index in [4.69, 9.17) is 0 Å². The molecule has 1 saturated carbocycles. The Bertz CT molecular complexity index is 656. The second-order valence-electron chi connectivity index (χ2n) is 8.28. The van der Waals surface area contributed by atoms with Crippen LogP contribution in [0.5, 0.6) is 0 Å². The molecular formula is C22H31N. The summed E-state index contributed by atoms with van der Waals surface area (Å²) in [7, 11) is 0. The van der Waals surface area contributed by atoms with Gasteiger partial charge in [-0.3, -0.25) is 0 Å². The lowest BCUT2D eigenvalue weighted by Crippen LogP contribution is -2.29. The van der Waals surface area contributed by atoms with E-state index in [1.54, 1.807) is 11.3 Å². The van der Waals surface area contributed by atoms with Gasteiger partial charge < -0.3 is 4.98 Å². The van der Waals surface area contributed by atoms with E-state index in [1.807, 2.05) is 0 Å². The van der Waals surface area contributed by atoms with Crippen molar-refractivity contribution < 1.29 is 0 Å². The number of aromatic amines is 1. The molecular weight excluding hydrogens is 278 g/mol. The van der Waals surface area contributed by atoms with Crippen molar-refractivity contribution in [2.24, 2.45) is 5.41 Å². The minimum Gasteiger partial charge on any atom is -0.358 e. The average molecular weight is 309 g/mol. The molecule has 0 amide bonds. The number of para-hydroxylation sites is 1. The lowest BCUT2D eigenvalue weighted by Gasteiger charge is -2.40. The van der Waals surface area contributed by atoms with Crippen molar-refractivity contribution in [3.05, 3.63) is 35.5 Å². The highest BCUT2D eigenvalue weighted by atomic mass is 14.7.